The second-order valence-corrected chi connectivity index (χ2v) is 8.52. The molecule has 1 aliphatic heterocycles. The summed E-state index contributed by atoms with van der Waals surface area (Å²) < 4.78 is 3.60. The van der Waals surface area contributed by atoms with Crippen LogP contribution in [0, 0.1) is 0 Å². The molecule has 1 saturated heterocycles. The Morgan fingerprint density at radius 1 is 0.857 bits per heavy atom. The number of amides is 1. The first-order chi connectivity index (χ1) is 16.7. The number of rotatable bonds is 8. The van der Waals surface area contributed by atoms with Crippen LogP contribution in [0.2, 0.25) is 0 Å². The fourth-order valence-electron chi connectivity index (χ4n) is 4.16. The molecule has 0 unspecified atom stereocenters. The van der Waals surface area contributed by atoms with Crippen LogP contribution in [0.4, 0.5) is 0 Å². The minimum absolute atomic E-state index is 0. The first-order valence-corrected chi connectivity index (χ1v) is 11.7. The largest absolute Gasteiger partial charge is 0.341 e. The molecule has 1 fully saturated rings. The van der Waals surface area contributed by atoms with E-state index in [0.717, 1.165) is 66.7 Å². The van der Waals surface area contributed by atoms with Gasteiger partial charge in [0, 0.05) is 66.7 Å². The molecule has 0 bridgehead atoms. The van der Waals surface area contributed by atoms with Gasteiger partial charge in [-0.05, 0) is 37.4 Å². The predicted octanol–water partition coefficient (Wildman–Crippen LogP) is 3.26. The number of aromatic nitrogens is 6. The van der Waals surface area contributed by atoms with Gasteiger partial charge in [0.05, 0.1) is 12.4 Å². The monoisotopic (exact) mass is 492 g/mol. The minimum Gasteiger partial charge on any atom is -0.341 e. The van der Waals surface area contributed by atoms with E-state index in [1.165, 1.54) is 0 Å². The van der Waals surface area contributed by atoms with Gasteiger partial charge in [-0.25, -0.2) is 9.97 Å². The van der Waals surface area contributed by atoms with E-state index in [9.17, 15) is 4.79 Å². The van der Waals surface area contributed by atoms with Gasteiger partial charge in [0.1, 0.15) is 6.54 Å². The van der Waals surface area contributed by atoms with Crippen LogP contribution >= 0.6 is 12.4 Å². The van der Waals surface area contributed by atoms with Gasteiger partial charge >= 0.3 is 0 Å². The molecule has 182 valence electrons. The zero-order valence-electron chi connectivity index (χ0n) is 19.5. The van der Waals surface area contributed by atoms with Crippen LogP contribution in [0.5, 0.6) is 0 Å². The van der Waals surface area contributed by atoms with Gasteiger partial charge < -0.3 is 10.6 Å². The van der Waals surface area contributed by atoms with Crippen molar-refractivity contribution < 1.29 is 4.79 Å². The van der Waals surface area contributed by atoms with Crippen molar-refractivity contribution in [2.24, 2.45) is 5.73 Å². The highest BCUT2D eigenvalue weighted by molar-refractivity contribution is 5.85. The second kappa shape index (κ2) is 11.2. The summed E-state index contributed by atoms with van der Waals surface area (Å²) in [6.45, 7) is 3.41. The fraction of sp³-hybridized carbons (Fsp3) is 0.320. The molecule has 0 aliphatic carbocycles. The molecule has 4 heterocycles. The molecule has 0 saturated carbocycles. The maximum atomic E-state index is 12.4. The first-order valence-electron chi connectivity index (χ1n) is 11.7. The smallest absolute Gasteiger partial charge is 0.244 e. The fourth-order valence-corrected chi connectivity index (χ4v) is 4.16. The van der Waals surface area contributed by atoms with Crippen LogP contribution in [-0.2, 0) is 17.9 Å². The highest BCUT2D eigenvalue weighted by Gasteiger charge is 2.18. The van der Waals surface area contributed by atoms with Crippen molar-refractivity contribution in [1.29, 1.82) is 0 Å². The van der Waals surface area contributed by atoms with E-state index in [0.29, 0.717) is 12.4 Å². The lowest BCUT2D eigenvalue weighted by atomic mass is 10.1. The van der Waals surface area contributed by atoms with Crippen molar-refractivity contribution in [2.45, 2.75) is 32.4 Å². The van der Waals surface area contributed by atoms with Gasteiger partial charge in [-0.3, -0.25) is 14.2 Å². The molecule has 1 amide bonds. The molecule has 5 rings (SSSR count). The number of aryl methyl sites for hydroxylation is 1. The predicted molar refractivity (Wildman–Crippen MR) is 137 cm³/mol. The van der Waals surface area contributed by atoms with Gasteiger partial charge in [-0.2, -0.15) is 10.2 Å². The summed E-state index contributed by atoms with van der Waals surface area (Å²) in [6.07, 6.45) is 14.2. The SMILES string of the molecule is Cl.NCCCn1cc(-c2cccc(-c3ncc(-c4cnn(CC(=O)N5CCCC5)c4)cn3)c2)cn1. The van der Waals surface area contributed by atoms with E-state index in [2.05, 4.69) is 32.3 Å². The second-order valence-electron chi connectivity index (χ2n) is 8.52. The number of nitrogens with two attached hydrogens (primary N) is 1. The normalized spacial score (nSPS) is 13.1. The molecule has 0 radical (unpaired) electrons. The zero-order valence-corrected chi connectivity index (χ0v) is 20.3. The lowest BCUT2D eigenvalue weighted by molar-refractivity contribution is -0.130. The molecule has 10 heteroatoms. The lowest BCUT2D eigenvalue weighted by Gasteiger charge is -2.14. The third-order valence-corrected chi connectivity index (χ3v) is 6.05. The average Bonchev–Trinajstić information content (AvgIpc) is 3.65. The molecule has 1 aromatic carbocycles. The Morgan fingerprint density at radius 3 is 2.26 bits per heavy atom. The van der Waals surface area contributed by atoms with Crippen LogP contribution in [0.15, 0.2) is 61.4 Å². The highest BCUT2D eigenvalue weighted by Crippen LogP contribution is 2.25. The molecule has 2 N–H and O–H groups in total. The van der Waals surface area contributed by atoms with Crippen molar-refractivity contribution >= 4 is 18.3 Å². The minimum atomic E-state index is 0. The summed E-state index contributed by atoms with van der Waals surface area (Å²) in [5.74, 6) is 0.765. The standard InChI is InChI=1S/C25H28N8O.ClH/c26-7-4-10-32-16-22(14-29-32)19-5-3-6-20(11-19)25-27-12-21(13-28-25)23-15-30-33(17-23)18-24(34)31-8-1-2-9-31;/h3,5-6,11-17H,1-2,4,7-10,18,26H2;1H. The highest BCUT2D eigenvalue weighted by atomic mass is 35.5. The Bertz CT molecular complexity index is 1260. The Balaban J connectivity index is 0.00000289. The average molecular weight is 493 g/mol. The van der Waals surface area contributed by atoms with E-state index >= 15 is 0 Å². The third kappa shape index (κ3) is 5.75. The van der Waals surface area contributed by atoms with Gasteiger partial charge in [0.2, 0.25) is 5.91 Å². The van der Waals surface area contributed by atoms with Gasteiger partial charge in [-0.15, -0.1) is 12.4 Å². The van der Waals surface area contributed by atoms with E-state index in [4.69, 9.17) is 5.73 Å². The molecule has 1 aliphatic rings. The molecule has 9 nitrogen and oxygen atoms in total. The number of hydrogen-bond acceptors (Lipinski definition) is 6. The van der Waals surface area contributed by atoms with Crippen molar-refractivity contribution in [3.63, 3.8) is 0 Å². The van der Waals surface area contributed by atoms with E-state index in [-0.39, 0.29) is 24.9 Å². The van der Waals surface area contributed by atoms with E-state index in [1.807, 2.05) is 40.3 Å². The van der Waals surface area contributed by atoms with Gasteiger partial charge in [-0.1, -0.05) is 18.2 Å². The van der Waals surface area contributed by atoms with E-state index in [1.54, 1.807) is 23.3 Å². The van der Waals surface area contributed by atoms with Gasteiger partial charge in [0.15, 0.2) is 5.82 Å². The maximum Gasteiger partial charge on any atom is 0.244 e. The zero-order chi connectivity index (χ0) is 23.3. The van der Waals surface area contributed by atoms with Crippen LogP contribution in [0.1, 0.15) is 19.3 Å². The number of benzene rings is 1. The summed E-state index contributed by atoms with van der Waals surface area (Å²) >= 11 is 0. The summed E-state index contributed by atoms with van der Waals surface area (Å²) in [6, 6.07) is 8.13. The number of carbonyl (C=O) groups excluding carboxylic acids is 1. The van der Waals surface area contributed by atoms with Crippen molar-refractivity contribution in [3.05, 3.63) is 61.4 Å². The molecular weight excluding hydrogens is 464 g/mol. The summed E-state index contributed by atoms with van der Waals surface area (Å²) in [7, 11) is 0. The molecular formula is C25H29ClN8O. The van der Waals surface area contributed by atoms with Crippen molar-refractivity contribution in [2.75, 3.05) is 19.6 Å². The number of carbonyl (C=O) groups is 1. The number of likely N-dealkylation sites (tertiary alicyclic amines) is 1. The van der Waals surface area contributed by atoms with Crippen LogP contribution in [-0.4, -0.2) is 60.0 Å². The number of hydrogen-bond donors (Lipinski definition) is 1. The summed E-state index contributed by atoms with van der Waals surface area (Å²) in [5, 5.41) is 8.77. The number of nitrogens with zero attached hydrogens (tertiary/aromatic N) is 7. The lowest BCUT2D eigenvalue weighted by Crippen LogP contribution is -2.31. The molecule has 0 spiro atoms. The Labute approximate surface area is 210 Å². The molecule has 3 aromatic heterocycles. The Morgan fingerprint density at radius 2 is 1.51 bits per heavy atom. The third-order valence-electron chi connectivity index (χ3n) is 6.05. The quantitative estimate of drug-likeness (QED) is 0.404. The maximum absolute atomic E-state index is 12.4. The van der Waals surface area contributed by atoms with E-state index < -0.39 is 0 Å². The van der Waals surface area contributed by atoms with Crippen molar-refractivity contribution in [3.8, 4) is 33.6 Å². The van der Waals surface area contributed by atoms with Crippen LogP contribution in [0.3, 0.4) is 0 Å². The Hall–Kier alpha value is -3.56. The Kier molecular flexibility index (Phi) is 7.89. The number of halogens is 1. The first kappa shape index (κ1) is 24.6. The molecule has 35 heavy (non-hydrogen) atoms. The summed E-state index contributed by atoms with van der Waals surface area (Å²) in [5.41, 5.74) is 10.4. The van der Waals surface area contributed by atoms with Gasteiger partial charge in [0.25, 0.3) is 0 Å². The van der Waals surface area contributed by atoms with Crippen LogP contribution in [0.25, 0.3) is 33.6 Å². The summed E-state index contributed by atoms with van der Waals surface area (Å²) in [4.78, 5) is 23.4. The molecule has 4 aromatic rings. The van der Waals surface area contributed by atoms with Crippen LogP contribution < -0.4 is 5.73 Å². The molecule has 0 atom stereocenters. The topological polar surface area (TPSA) is 108 Å². The van der Waals surface area contributed by atoms with Crippen molar-refractivity contribution in [1.82, 2.24) is 34.4 Å².